The Morgan fingerprint density at radius 1 is 0.732 bits per heavy atom. The SMILES string of the molecule is CC(C)c1cccc(C(C)C)c1N1B2OC(C)(C)C(C)(C)c3cnc(n32)-c2cc(Oc3ccc4c5ccccc5n(-c5cc(C(C)(C)C)ccn5)c4c3)ccc21. The Morgan fingerprint density at radius 3 is 2.12 bits per heavy atom. The van der Waals surface area contributed by atoms with Crippen molar-refractivity contribution in [3.8, 4) is 28.7 Å². The van der Waals surface area contributed by atoms with Crippen LogP contribution in [0, 0.1) is 0 Å². The Morgan fingerprint density at radius 2 is 1.41 bits per heavy atom. The van der Waals surface area contributed by atoms with Gasteiger partial charge in [0.2, 0.25) is 0 Å². The minimum absolute atomic E-state index is 0.00777. The number of anilines is 2. The van der Waals surface area contributed by atoms with E-state index in [0.29, 0.717) is 11.8 Å². The van der Waals surface area contributed by atoms with Crippen LogP contribution in [0.1, 0.15) is 110 Å². The third kappa shape index (κ3) is 5.43. The third-order valence-electron chi connectivity index (χ3n) is 12.6. The highest BCUT2D eigenvalue weighted by atomic mass is 16.5. The van der Waals surface area contributed by atoms with Crippen molar-refractivity contribution < 1.29 is 9.39 Å². The molecule has 0 saturated heterocycles. The lowest BCUT2D eigenvalue weighted by Gasteiger charge is -2.52. The molecule has 5 heterocycles. The van der Waals surface area contributed by atoms with Crippen molar-refractivity contribution in [1.29, 1.82) is 0 Å². The predicted molar refractivity (Wildman–Crippen MR) is 231 cm³/mol. The third-order valence-corrected chi connectivity index (χ3v) is 12.6. The number of nitrogens with zero attached hydrogens (tertiary/aromatic N) is 5. The molecule has 0 radical (unpaired) electrons. The van der Waals surface area contributed by atoms with Gasteiger partial charge in [-0.05, 0) is 96.3 Å². The summed E-state index contributed by atoms with van der Waals surface area (Å²) in [6.07, 6.45) is 3.98. The van der Waals surface area contributed by atoms with Gasteiger partial charge in [0.05, 0.1) is 16.6 Å². The average molecular weight is 742 g/mol. The van der Waals surface area contributed by atoms with E-state index in [0.717, 1.165) is 56.5 Å². The number of hydrogen-bond donors (Lipinski definition) is 0. The first-order chi connectivity index (χ1) is 26.6. The van der Waals surface area contributed by atoms with Crippen LogP contribution in [0.25, 0.3) is 39.0 Å². The summed E-state index contributed by atoms with van der Waals surface area (Å²) in [6.45, 7) is 24.8. The number of fused-ring (bicyclic) bond motifs is 5. The van der Waals surface area contributed by atoms with E-state index in [-0.39, 0.29) is 10.8 Å². The van der Waals surface area contributed by atoms with Crippen molar-refractivity contribution in [1.82, 2.24) is 19.0 Å². The molecule has 9 rings (SSSR count). The largest absolute Gasteiger partial charge is 0.559 e. The highest BCUT2D eigenvalue weighted by Crippen LogP contribution is 2.52. The van der Waals surface area contributed by atoms with E-state index in [1.54, 1.807) is 0 Å². The number of rotatable bonds is 6. The Labute approximate surface area is 331 Å². The number of hydrogen-bond acceptors (Lipinski definition) is 5. The molecule has 0 atom stereocenters. The van der Waals surface area contributed by atoms with Crippen molar-refractivity contribution in [2.24, 2.45) is 0 Å². The number of pyridine rings is 1. The molecule has 2 aliphatic rings. The number of para-hydroxylation sites is 2. The fourth-order valence-electron chi connectivity index (χ4n) is 8.70. The van der Waals surface area contributed by atoms with Gasteiger partial charge in [0.15, 0.2) is 0 Å². The second kappa shape index (κ2) is 12.6. The van der Waals surface area contributed by atoms with Gasteiger partial charge in [0.25, 0.3) is 0 Å². The Balaban J connectivity index is 1.21. The van der Waals surface area contributed by atoms with Crippen molar-refractivity contribution in [2.75, 3.05) is 4.81 Å². The van der Waals surface area contributed by atoms with Crippen LogP contribution >= 0.6 is 0 Å². The summed E-state index contributed by atoms with van der Waals surface area (Å²) in [7, 11) is -0.406. The second-order valence-corrected chi connectivity index (χ2v) is 18.3. The Hall–Kier alpha value is -5.34. The molecule has 0 saturated carbocycles. The summed E-state index contributed by atoms with van der Waals surface area (Å²) in [5, 5.41) is 2.34. The van der Waals surface area contributed by atoms with Gasteiger partial charge in [0.1, 0.15) is 23.1 Å². The van der Waals surface area contributed by atoms with Gasteiger partial charge in [-0.25, -0.2) is 9.97 Å². The van der Waals surface area contributed by atoms with Gasteiger partial charge in [-0.3, -0.25) is 4.57 Å². The first-order valence-electron chi connectivity index (χ1n) is 20.1. The Kier molecular flexibility index (Phi) is 8.16. The van der Waals surface area contributed by atoms with E-state index < -0.39 is 12.8 Å². The summed E-state index contributed by atoms with van der Waals surface area (Å²) in [4.78, 5) is 12.5. The summed E-state index contributed by atoms with van der Waals surface area (Å²) >= 11 is 0. The highest BCUT2D eigenvalue weighted by molar-refractivity contribution is 6.59. The average Bonchev–Trinajstić information content (AvgIpc) is 3.75. The molecule has 0 unspecified atom stereocenters. The topological polar surface area (TPSA) is 57.3 Å². The maximum atomic E-state index is 7.22. The number of ether oxygens (including phenoxy) is 1. The van der Waals surface area contributed by atoms with E-state index in [4.69, 9.17) is 19.4 Å². The minimum atomic E-state index is -0.459. The number of aromatic nitrogens is 4. The van der Waals surface area contributed by atoms with Crippen LogP contribution in [0.5, 0.6) is 11.5 Å². The summed E-state index contributed by atoms with van der Waals surface area (Å²) in [6, 6.07) is 32.4. The summed E-state index contributed by atoms with van der Waals surface area (Å²) in [5.41, 5.74) is 9.66. The standard InChI is InChI=1S/C48H52BN5O2/c1-29(2)34-16-14-17-35(30(3)4)44(34)53-40-22-20-32(26-38(40)45-51-28-42-47(8,9)48(10,11)56-49(53)54(42)45)55-33-19-21-37-36-15-12-13-18-39(36)52(41(37)27-33)43-25-31(23-24-50-43)46(5,6)7/h12-30H,1-11H3. The van der Waals surface area contributed by atoms with Crippen LogP contribution in [0.2, 0.25) is 0 Å². The summed E-state index contributed by atoms with van der Waals surface area (Å²) in [5.74, 6) is 3.89. The monoisotopic (exact) mass is 741 g/mol. The summed E-state index contributed by atoms with van der Waals surface area (Å²) < 4.78 is 18.6. The molecule has 56 heavy (non-hydrogen) atoms. The van der Waals surface area contributed by atoms with Crippen LogP contribution in [0.4, 0.5) is 11.4 Å². The van der Waals surface area contributed by atoms with Crippen molar-refractivity contribution in [3.63, 3.8) is 0 Å². The molecule has 284 valence electrons. The van der Waals surface area contributed by atoms with Gasteiger partial charge >= 0.3 is 7.19 Å². The van der Waals surface area contributed by atoms with E-state index in [1.165, 1.54) is 27.8 Å². The second-order valence-electron chi connectivity index (χ2n) is 18.3. The molecule has 4 aromatic carbocycles. The molecular formula is C48H52BN5O2. The maximum Gasteiger partial charge on any atom is 0.559 e. The first kappa shape index (κ1) is 36.3. The fraction of sp³-hybridized carbons (Fsp3) is 0.333. The molecule has 0 amide bonds. The van der Waals surface area contributed by atoms with E-state index in [1.807, 2.05) is 6.20 Å². The van der Waals surface area contributed by atoms with Gasteiger partial charge in [-0.1, -0.05) is 98.7 Å². The van der Waals surface area contributed by atoms with Gasteiger partial charge in [0, 0.05) is 57.3 Å². The highest BCUT2D eigenvalue weighted by Gasteiger charge is 2.55. The Bertz CT molecular complexity index is 2650. The fourth-order valence-corrected chi connectivity index (χ4v) is 8.70. The molecule has 7 aromatic rings. The lowest BCUT2D eigenvalue weighted by Crippen LogP contribution is -2.62. The molecule has 7 nitrogen and oxygen atoms in total. The zero-order valence-corrected chi connectivity index (χ0v) is 34.6. The predicted octanol–water partition coefficient (Wildman–Crippen LogP) is 12.4. The molecular weight excluding hydrogens is 689 g/mol. The quantitative estimate of drug-likeness (QED) is 0.159. The lowest BCUT2D eigenvalue weighted by atomic mass is 9.68. The normalized spacial score (nSPS) is 15.9. The van der Waals surface area contributed by atoms with Crippen molar-refractivity contribution >= 4 is 40.4 Å². The molecule has 0 bridgehead atoms. The van der Waals surface area contributed by atoms with E-state index in [9.17, 15) is 0 Å². The molecule has 0 spiro atoms. The zero-order chi connectivity index (χ0) is 39.5. The van der Waals surface area contributed by atoms with Gasteiger partial charge in [-0.2, -0.15) is 0 Å². The van der Waals surface area contributed by atoms with Crippen LogP contribution in [0.3, 0.4) is 0 Å². The number of imidazole rings is 1. The lowest BCUT2D eigenvalue weighted by molar-refractivity contribution is 0.0140. The van der Waals surface area contributed by atoms with Gasteiger partial charge in [-0.15, -0.1) is 0 Å². The molecule has 8 heteroatoms. The molecule has 2 aliphatic heterocycles. The molecule has 3 aromatic heterocycles. The smallest absolute Gasteiger partial charge is 0.457 e. The van der Waals surface area contributed by atoms with E-state index in [2.05, 4.69) is 187 Å². The van der Waals surface area contributed by atoms with Gasteiger partial charge < -0.3 is 18.7 Å². The van der Waals surface area contributed by atoms with Crippen LogP contribution in [-0.2, 0) is 15.5 Å². The van der Waals surface area contributed by atoms with Crippen LogP contribution < -0.4 is 9.55 Å². The van der Waals surface area contributed by atoms with Crippen LogP contribution in [-0.4, -0.2) is 31.8 Å². The minimum Gasteiger partial charge on any atom is -0.457 e. The maximum absolute atomic E-state index is 7.22. The zero-order valence-electron chi connectivity index (χ0n) is 34.6. The van der Waals surface area contributed by atoms with Crippen LogP contribution in [0.15, 0.2) is 103 Å². The van der Waals surface area contributed by atoms with Crippen molar-refractivity contribution in [3.05, 3.63) is 126 Å². The van der Waals surface area contributed by atoms with Crippen molar-refractivity contribution in [2.45, 2.75) is 104 Å². The molecule has 0 fully saturated rings. The molecule has 0 N–H and O–H groups in total. The number of benzene rings is 4. The van der Waals surface area contributed by atoms with E-state index >= 15 is 0 Å². The molecule has 0 aliphatic carbocycles. The first-order valence-corrected chi connectivity index (χ1v) is 20.1.